The number of hydrogen-bond donors (Lipinski definition) is 0. The van der Waals surface area contributed by atoms with Crippen LogP contribution in [-0.4, -0.2) is 86.4 Å². The van der Waals surface area contributed by atoms with E-state index in [1.165, 1.54) is 0 Å². The minimum atomic E-state index is 0.461. The Morgan fingerprint density at radius 3 is 1.30 bits per heavy atom. The highest BCUT2D eigenvalue weighted by Crippen LogP contribution is 1.97. The van der Waals surface area contributed by atoms with Gasteiger partial charge in [0.2, 0.25) is 19.2 Å². The zero-order valence-electron chi connectivity index (χ0n) is 11.8. The van der Waals surface area contributed by atoms with Crippen LogP contribution in [0.5, 0.6) is 0 Å². The van der Waals surface area contributed by atoms with Gasteiger partial charge in [-0.3, -0.25) is 14.4 Å². The monoisotopic (exact) mass is 285 g/mol. The average molecular weight is 285 g/mol. The van der Waals surface area contributed by atoms with Crippen LogP contribution in [0.15, 0.2) is 0 Å². The molecule has 0 aliphatic carbocycles. The molecule has 0 spiro atoms. The SMILES string of the molecule is O=CN1CCCN(C=O)CCOCCN(C=O)CCC1. The number of hydrogen-bond acceptors (Lipinski definition) is 4. The summed E-state index contributed by atoms with van der Waals surface area (Å²) in [7, 11) is 0. The molecule has 7 heteroatoms. The zero-order chi connectivity index (χ0) is 14.6. The molecule has 0 radical (unpaired) electrons. The molecule has 3 amide bonds. The van der Waals surface area contributed by atoms with E-state index in [1.54, 1.807) is 14.7 Å². The number of nitrogens with zero attached hydrogens (tertiary/aromatic N) is 3. The minimum absolute atomic E-state index is 0.461. The Bertz CT molecular complexity index is 277. The maximum atomic E-state index is 10.9. The van der Waals surface area contributed by atoms with Crippen LogP contribution in [0, 0.1) is 0 Å². The highest BCUT2D eigenvalue weighted by molar-refractivity contribution is 5.48. The molecule has 1 fully saturated rings. The zero-order valence-corrected chi connectivity index (χ0v) is 11.8. The maximum absolute atomic E-state index is 10.9. The first-order valence-corrected chi connectivity index (χ1v) is 6.96. The normalized spacial score (nSPS) is 20.1. The number of rotatable bonds is 3. The molecule has 7 nitrogen and oxygen atoms in total. The van der Waals surface area contributed by atoms with Gasteiger partial charge in [0.25, 0.3) is 0 Å². The molecule has 20 heavy (non-hydrogen) atoms. The molecule has 0 saturated carbocycles. The van der Waals surface area contributed by atoms with Crippen molar-refractivity contribution in [2.75, 3.05) is 52.5 Å². The second-order valence-electron chi connectivity index (χ2n) is 4.74. The number of carbonyl (C=O) groups is 3. The third-order valence-electron chi connectivity index (χ3n) is 3.27. The van der Waals surface area contributed by atoms with E-state index in [4.69, 9.17) is 4.74 Å². The van der Waals surface area contributed by atoms with Crippen LogP contribution < -0.4 is 0 Å². The second-order valence-corrected chi connectivity index (χ2v) is 4.74. The van der Waals surface area contributed by atoms with Crippen molar-refractivity contribution in [3.8, 4) is 0 Å². The van der Waals surface area contributed by atoms with E-state index in [2.05, 4.69) is 0 Å². The van der Waals surface area contributed by atoms with Crippen molar-refractivity contribution in [2.45, 2.75) is 12.8 Å². The number of carbonyl (C=O) groups excluding carboxylic acids is 3. The lowest BCUT2D eigenvalue weighted by atomic mass is 10.3. The van der Waals surface area contributed by atoms with Crippen molar-refractivity contribution in [1.29, 1.82) is 0 Å². The molecular formula is C13H23N3O4. The Hall–Kier alpha value is -1.63. The molecule has 1 saturated heterocycles. The molecule has 0 bridgehead atoms. The molecular weight excluding hydrogens is 262 g/mol. The van der Waals surface area contributed by atoms with Crippen LogP contribution in [-0.2, 0) is 19.1 Å². The summed E-state index contributed by atoms with van der Waals surface area (Å²) in [5.41, 5.74) is 0. The summed E-state index contributed by atoms with van der Waals surface area (Å²) in [5, 5.41) is 0. The molecule has 1 aliphatic heterocycles. The summed E-state index contributed by atoms with van der Waals surface area (Å²) in [6, 6.07) is 0. The first-order chi connectivity index (χ1) is 9.80. The van der Waals surface area contributed by atoms with E-state index in [0.717, 1.165) is 32.1 Å². The van der Waals surface area contributed by atoms with Gasteiger partial charge in [-0.1, -0.05) is 0 Å². The third kappa shape index (κ3) is 6.51. The summed E-state index contributed by atoms with van der Waals surface area (Å²) < 4.78 is 5.42. The molecule has 1 aliphatic rings. The first kappa shape index (κ1) is 16.4. The lowest BCUT2D eigenvalue weighted by molar-refractivity contribution is -0.119. The van der Waals surface area contributed by atoms with Gasteiger partial charge in [-0.25, -0.2) is 0 Å². The van der Waals surface area contributed by atoms with Gasteiger partial charge in [-0.2, -0.15) is 0 Å². The van der Waals surface area contributed by atoms with Crippen molar-refractivity contribution >= 4 is 19.2 Å². The Labute approximate surface area is 119 Å². The van der Waals surface area contributed by atoms with Crippen LogP contribution in [0.4, 0.5) is 0 Å². The summed E-state index contributed by atoms with van der Waals surface area (Å²) in [4.78, 5) is 37.7. The predicted molar refractivity (Wildman–Crippen MR) is 73.0 cm³/mol. The van der Waals surface area contributed by atoms with Crippen LogP contribution in [0.2, 0.25) is 0 Å². The molecule has 114 valence electrons. The summed E-state index contributed by atoms with van der Waals surface area (Å²) in [5.74, 6) is 0. The highest BCUT2D eigenvalue weighted by Gasteiger charge is 2.08. The van der Waals surface area contributed by atoms with Crippen LogP contribution in [0.3, 0.4) is 0 Å². The van der Waals surface area contributed by atoms with Crippen LogP contribution >= 0.6 is 0 Å². The molecule has 0 unspecified atom stereocenters. The number of amides is 3. The van der Waals surface area contributed by atoms with Crippen molar-refractivity contribution < 1.29 is 19.1 Å². The Balaban J connectivity index is 2.48. The molecule has 0 aromatic heterocycles. The minimum Gasteiger partial charge on any atom is -0.378 e. The first-order valence-electron chi connectivity index (χ1n) is 6.96. The molecule has 0 aromatic carbocycles. The maximum Gasteiger partial charge on any atom is 0.209 e. The van der Waals surface area contributed by atoms with E-state index in [1.807, 2.05) is 0 Å². The topological polar surface area (TPSA) is 70.2 Å². The summed E-state index contributed by atoms with van der Waals surface area (Å²) in [6.45, 7) is 4.48. The standard InChI is InChI=1S/C13H23N3O4/c17-11-14-3-1-5-15(12-18)7-9-20-10-8-16(13-19)6-2-4-14/h11-13H,1-10H2. The largest absolute Gasteiger partial charge is 0.378 e. The molecule has 0 aromatic rings. The fourth-order valence-corrected chi connectivity index (χ4v) is 2.07. The van der Waals surface area contributed by atoms with E-state index in [9.17, 15) is 14.4 Å². The van der Waals surface area contributed by atoms with E-state index >= 15 is 0 Å². The molecule has 1 heterocycles. The van der Waals surface area contributed by atoms with Gasteiger partial charge >= 0.3 is 0 Å². The van der Waals surface area contributed by atoms with Crippen molar-refractivity contribution in [1.82, 2.24) is 14.7 Å². The molecule has 0 N–H and O–H groups in total. The van der Waals surface area contributed by atoms with Gasteiger partial charge < -0.3 is 19.4 Å². The Kier molecular flexibility index (Phi) is 8.37. The second kappa shape index (κ2) is 10.2. The van der Waals surface area contributed by atoms with Crippen molar-refractivity contribution in [2.24, 2.45) is 0 Å². The fraction of sp³-hybridized carbons (Fsp3) is 0.769. The quantitative estimate of drug-likeness (QED) is 0.635. The van der Waals surface area contributed by atoms with E-state index in [-0.39, 0.29) is 0 Å². The van der Waals surface area contributed by atoms with E-state index < -0.39 is 0 Å². The van der Waals surface area contributed by atoms with Crippen LogP contribution in [0.25, 0.3) is 0 Å². The van der Waals surface area contributed by atoms with Gasteiger partial charge in [-0.15, -0.1) is 0 Å². The van der Waals surface area contributed by atoms with E-state index in [0.29, 0.717) is 52.5 Å². The highest BCUT2D eigenvalue weighted by atomic mass is 16.5. The molecule has 1 rings (SSSR count). The van der Waals surface area contributed by atoms with Gasteiger partial charge in [0.1, 0.15) is 0 Å². The van der Waals surface area contributed by atoms with Crippen LogP contribution in [0.1, 0.15) is 12.8 Å². The third-order valence-corrected chi connectivity index (χ3v) is 3.27. The lowest BCUT2D eigenvalue weighted by Crippen LogP contribution is -2.35. The molecule has 0 atom stereocenters. The fourth-order valence-electron chi connectivity index (χ4n) is 2.07. The Morgan fingerprint density at radius 2 is 0.950 bits per heavy atom. The predicted octanol–water partition coefficient (Wildman–Crippen LogP) is -0.828. The van der Waals surface area contributed by atoms with Crippen molar-refractivity contribution in [3.63, 3.8) is 0 Å². The Morgan fingerprint density at radius 1 is 0.600 bits per heavy atom. The smallest absolute Gasteiger partial charge is 0.209 e. The summed E-state index contributed by atoms with van der Waals surface area (Å²) >= 11 is 0. The van der Waals surface area contributed by atoms with Gasteiger partial charge in [-0.05, 0) is 12.8 Å². The number of ether oxygens (including phenoxy) is 1. The van der Waals surface area contributed by atoms with Gasteiger partial charge in [0.05, 0.1) is 13.2 Å². The average Bonchev–Trinajstić information content (AvgIpc) is 2.48. The van der Waals surface area contributed by atoms with Crippen molar-refractivity contribution in [3.05, 3.63) is 0 Å². The lowest BCUT2D eigenvalue weighted by Gasteiger charge is -2.24. The summed E-state index contributed by atoms with van der Waals surface area (Å²) in [6.07, 6.45) is 3.92. The van der Waals surface area contributed by atoms with Gasteiger partial charge in [0.15, 0.2) is 0 Å². The van der Waals surface area contributed by atoms with Gasteiger partial charge in [0, 0.05) is 39.3 Å².